The molecule has 0 unspecified atom stereocenters. The number of nitrogens with one attached hydrogen (secondary N) is 2. The minimum atomic E-state index is -5.19. The molecule has 13 heteroatoms. The highest BCUT2D eigenvalue weighted by Gasteiger charge is 2.28. The predicted molar refractivity (Wildman–Crippen MR) is 165 cm³/mol. The molecule has 1 aromatic rings. The van der Waals surface area contributed by atoms with Gasteiger partial charge in [-0.15, -0.1) is 28.3 Å². The number of ether oxygens (including phenoxy) is 1. The molecule has 0 aromatic heterocycles. The molecule has 42 heavy (non-hydrogen) atoms. The van der Waals surface area contributed by atoms with Crippen LogP contribution in [0.5, 0.6) is 0 Å². The van der Waals surface area contributed by atoms with Crippen LogP contribution in [-0.4, -0.2) is 55.0 Å². The lowest BCUT2D eigenvalue weighted by atomic mass is 10.2. The lowest BCUT2D eigenvalue weighted by molar-refractivity contribution is -0.344. The third-order valence-electron chi connectivity index (χ3n) is 5.65. The van der Waals surface area contributed by atoms with Crippen molar-refractivity contribution in [3.05, 3.63) is 41.8 Å². The number of anilines is 1. The van der Waals surface area contributed by atoms with E-state index in [1.807, 2.05) is 26.8 Å². The van der Waals surface area contributed by atoms with Crippen molar-refractivity contribution in [3.63, 3.8) is 0 Å². The second-order valence-electron chi connectivity index (χ2n) is 10.4. The lowest BCUT2D eigenvalue weighted by Gasteiger charge is -2.19. The summed E-state index contributed by atoms with van der Waals surface area (Å²) in [6.07, 6.45) is -0.770. The summed E-state index contributed by atoms with van der Waals surface area (Å²) in [7, 11) is 0. The number of hydrogen-bond donors (Lipinski definition) is 2. The van der Waals surface area contributed by atoms with E-state index in [1.165, 1.54) is 35.9 Å². The molecule has 0 atom stereocenters. The van der Waals surface area contributed by atoms with Crippen LogP contribution in [0.15, 0.2) is 36.4 Å². The fraction of sp³-hybridized carbons (Fsp3) is 0.517. The van der Waals surface area contributed by atoms with E-state index in [-0.39, 0.29) is 17.0 Å². The number of unbranched alkanes of at least 4 members (excludes halogenated alkanes) is 2. The van der Waals surface area contributed by atoms with E-state index in [2.05, 4.69) is 59.4 Å². The molecular weight excluding hydrogens is 637 g/mol. The van der Waals surface area contributed by atoms with E-state index >= 15 is 0 Å². The molecule has 0 spiro atoms. The first-order valence-electron chi connectivity index (χ1n) is 13.6. The summed E-state index contributed by atoms with van der Waals surface area (Å²) in [5, 5.41) is 16.2. The van der Waals surface area contributed by atoms with Crippen molar-refractivity contribution < 1.29 is 32.6 Å². The van der Waals surface area contributed by atoms with Crippen LogP contribution in [0.1, 0.15) is 60.3 Å². The minimum absolute atomic E-state index is 0. The van der Waals surface area contributed by atoms with E-state index < -0.39 is 23.8 Å². The Morgan fingerprint density at radius 3 is 2.17 bits per heavy atom. The number of alkyl halides is 3. The Hall–Kier alpha value is -2.93. The van der Waals surface area contributed by atoms with E-state index in [1.54, 1.807) is 11.3 Å². The van der Waals surface area contributed by atoms with Gasteiger partial charge in [-0.3, -0.25) is 0 Å². The molecule has 3 rings (SSSR count). The smallest absolute Gasteiger partial charge is 0.430 e. The Morgan fingerprint density at radius 2 is 1.62 bits per heavy atom. The molecule has 1 aliphatic heterocycles. The number of fused-ring (bicyclic) bond motifs is 2. The fourth-order valence-corrected chi connectivity index (χ4v) is 4.71. The van der Waals surface area contributed by atoms with E-state index in [0.717, 1.165) is 34.7 Å². The summed E-state index contributed by atoms with van der Waals surface area (Å²) < 4.78 is 40.5. The van der Waals surface area contributed by atoms with Crippen LogP contribution in [0.3, 0.4) is 0 Å². The van der Waals surface area contributed by atoms with Crippen LogP contribution in [-0.2, 0) is 9.53 Å². The Labute approximate surface area is 259 Å². The van der Waals surface area contributed by atoms with Crippen molar-refractivity contribution in [1.29, 1.82) is 0 Å². The van der Waals surface area contributed by atoms with Crippen LogP contribution in [0.4, 0.5) is 23.7 Å². The Morgan fingerprint density at radius 1 is 1.00 bits per heavy atom. The lowest BCUT2D eigenvalue weighted by Crippen LogP contribution is -2.37. The number of aliphatic carboxylic acids is 1. The highest BCUT2D eigenvalue weighted by atomic mass is 79.9. The summed E-state index contributed by atoms with van der Waals surface area (Å²) >= 11 is 1.78. The molecule has 0 saturated carbocycles. The van der Waals surface area contributed by atoms with Gasteiger partial charge in [0.25, 0.3) is 0 Å². The van der Waals surface area contributed by atoms with Gasteiger partial charge in [0.2, 0.25) is 5.36 Å². The number of carboxylic acids is 1. The third kappa shape index (κ3) is 12.9. The predicted octanol–water partition coefficient (Wildman–Crippen LogP) is 5.59. The molecule has 0 fully saturated rings. The number of aromatic nitrogens is 1. The maximum absolute atomic E-state index is 11.8. The van der Waals surface area contributed by atoms with E-state index in [0.29, 0.717) is 13.1 Å². The summed E-state index contributed by atoms with van der Waals surface area (Å²) in [6.45, 7) is 13.4. The fourth-order valence-electron chi connectivity index (χ4n) is 3.67. The molecule has 2 aliphatic rings. The molecule has 0 bridgehead atoms. The van der Waals surface area contributed by atoms with Crippen molar-refractivity contribution in [2.24, 2.45) is 0 Å². The average molecular weight is 678 g/mol. The molecule has 1 aliphatic carbocycles. The van der Waals surface area contributed by atoms with Gasteiger partial charge in [-0.1, -0.05) is 26.7 Å². The van der Waals surface area contributed by atoms with E-state index in [4.69, 9.17) is 19.6 Å². The van der Waals surface area contributed by atoms with Crippen molar-refractivity contribution in [3.8, 4) is 10.6 Å². The molecule has 1 amide bonds. The zero-order chi connectivity index (χ0) is 30.6. The summed E-state index contributed by atoms with van der Waals surface area (Å²) in [4.78, 5) is 26.7. The topological polar surface area (TPSA) is 106 Å². The van der Waals surface area contributed by atoms with Gasteiger partial charge in [-0.2, -0.15) is 13.2 Å². The molecule has 8 nitrogen and oxygen atoms in total. The number of carbonyl (C=O) groups is 2. The van der Waals surface area contributed by atoms with Crippen LogP contribution in [0, 0.1) is 0 Å². The van der Waals surface area contributed by atoms with Gasteiger partial charge in [0, 0.05) is 43.8 Å². The largest absolute Gasteiger partial charge is 0.542 e. The first-order chi connectivity index (χ1) is 19.2. The van der Waals surface area contributed by atoms with Gasteiger partial charge in [0.15, 0.2) is 0 Å². The molecule has 2 N–H and O–H groups in total. The highest BCUT2D eigenvalue weighted by Crippen LogP contribution is 2.31. The monoisotopic (exact) mass is 676 g/mol. The van der Waals surface area contributed by atoms with Crippen molar-refractivity contribution in [1.82, 2.24) is 14.9 Å². The molecule has 0 radical (unpaired) electrons. The second-order valence-corrected chi connectivity index (χ2v) is 11.5. The number of nitrogens with zero attached hydrogens (tertiary/aromatic N) is 2. The molecule has 234 valence electrons. The Balaban J connectivity index is 0.000000981. The first kappa shape index (κ1) is 37.1. The van der Waals surface area contributed by atoms with Gasteiger partial charge >= 0.3 is 12.3 Å². The zero-order valence-corrected chi connectivity index (χ0v) is 27.1. The molecule has 1 heterocycles. The van der Waals surface area contributed by atoms with Gasteiger partial charge < -0.3 is 25.3 Å². The first-order valence-corrected chi connectivity index (χ1v) is 14.5. The molecular formula is C29H40BrF3N4O4S. The van der Waals surface area contributed by atoms with Crippen molar-refractivity contribution in [2.45, 2.75) is 72.1 Å². The standard InChI is InChI=1S/C27H38N4O2S.C2HF3O2.BrH/c1-6-8-16-31(17-9-7-2)21-11-13-23-25(19-21)34-24-18-20(10-12-22(24)30-23)28-14-15-29-26(32)33-27(3,4)5;3-2(4,5)1(6)7;/h10-13,18-19H,6-9,14-17H2,1-5H3,(H,29,32);(H,6,7);1H. The highest BCUT2D eigenvalue weighted by molar-refractivity contribution is 8.93. The second kappa shape index (κ2) is 17.3. The van der Waals surface area contributed by atoms with Gasteiger partial charge in [0.05, 0.1) is 20.8 Å². The number of hydrogen-bond acceptors (Lipinski definition) is 7. The number of carboxylic acid groups (broad SMARTS) is 1. The zero-order valence-electron chi connectivity index (χ0n) is 24.6. The van der Waals surface area contributed by atoms with Crippen LogP contribution >= 0.6 is 28.3 Å². The van der Waals surface area contributed by atoms with Crippen LogP contribution in [0.25, 0.3) is 20.8 Å². The van der Waals surface area contributed by atoms with Gasteiger partial charge in [0.1, 0.15) is 24.7 Å². The molecule has 0 saturated heterocycles. The van der Waals surface area contributed by atoms with Gasteiger partial charge in [-0.05, 0) is 45.0 Å². The number of rotatable bonds is 10. The van der Waals surface area contributed by atoms with Crippen molar-refractivity contribution in [2.75, 3.05) is 31.5 Å². The number of carbonyl (C=O) groups excluding carboxylic acids is 2. The molecule has 1 aromatic carbocycles. The Bertz CT molecular complexity index is 1330. The summed E-state index contributed by atoms with van der Waals surface area (Å²) in [5.74, 6) is -3.01. The van der Waals surface area contributed by atoms with Crippen molar-refractivity contribution >= 4 is 56.3 Å². The maximum atomic E-state index is 11.8. The Kier molecular flexibility index (Phi) is 15.2. The van der Waals surface area contributed by atoms with Crippen LogP contribution < -0.4 is 25.7 Å². The number of halogens is 4. The summed E-state index contributed by atoms with van der Waals surface area (Å²) in [6, 6.07) is 12.9. The van der Waals surface area contributed by atoms with E-state index in [9.17, 15) is 18.0 Å². The SMILES string of the molecule is Br.CCCC[N+](CCCC)=c1ccc2nc3ccc(NCCNC(=O)OC(C)(C)C)cc3sc-2c1.O=C([O-])C(F)(F)F. The minimum Gasteiger partial charge on any atom is -0.542 e. The number of benzene rings is 2. The number of amides is 1. The third-order valence-corrected chi connectivity index (χ3v) is 6.74. The van der Waals surface area contributed by atoms with Crippen LogP contribution in [0.2, 0.25) is 0 Å². The summed E-state index contributed by atoms with van der Waals surface area (Å²) in [5.41, 5.74) is 2.56. The normalized spacial score (nSPS) is 11.2. The maximum Gasteiger partial charge on any atom is 0.430 e. The average Bonchev–Trinajstić information content (AvgIpc) is 2.88. The quantitative estimate of drug-likeness (QED) is 0.165. The number of alkyl carbamates (subject to hydrolysis) is 1. The van der Waals surface area contributed by atoms with Gasteiger partial charge in [-0.25, -0.2) is 14.4 Å².